The summed E-state index contributed by atoms with van der Waals surface area (Å²) >= 11 is 0. The summed E-state index contributed by atoms with van der Waals surface area (Å²) in [5.74, 6) is -4.98. The number of nitrogens with zero attached hydrogens (tertiary/aromatic N) is 1. The number of carbonyl (C=O) groups is 2. The van der Waals surface area contributed by atoms with Gasteiger partial charge in [-0.1, -0.05) is 92.4 Å². The summed E-state index contributed by atoms with van der Waals surface area (Å²) < 4.78 is 70.0. The van der Waals surface area contributed by atoms with Gasteiger partial charge < -0.3 is 58.9 Å². The number of ketones is 1. The van der Waals surface area contributed by atoms with Crippen LogP contribution >= 0.6 is 0 Å². The van der Waals surface area contributed by atoms with E-state index in [1.165, 1.54) is 72.8 Å². The van der Waals surface area contributed by atoms with E-state index in [9.17, 15) is 43.5 Å². The lowest BCUT2D eigenvalue weighted by molar-refractivity contribution is -0.318. The second-order valence-electron chi connectivity index (χ2n) is 20.9. The topological polar surface area (TPSA) is 258 Å². The van der Waals surface area contributed by atoms with Gasteiger partial charge in [0.1, 0.15) is 29.7 Å². The third-order valence-corrected chi connectivity index (χ3v) is 15.0. The highest BCUT2D eigenvalue weighted by molar-refractivity contribution is 7.80. The molecule has 3 saturated heterocycles. The van der Waals surface area contributed by atoms with Crippen molar-refractivity contribution >= 4 is 22.2 Å². The van der Waals surface area contributed by atoms with Crippen LogP contribution in [-0.4, -0.2) is 167 Å². The molecule has 3 heterocycles. The fraction of sp³-hybridized carbons (Fsp3) is 0.959. The minimum absolute atomic E-state index is 0.0926. The van der Waals surface area contributed by atoms with E-state index in [-0.39, 0.29) is 38.0 Å². The van der Waals surface area contributed by atoms with Crippen LogP contribution in [0.1, 0.15) is 166 Å². The highest BCUT2D eigenvalue weighted by Crippen LogP contribution is 2.41. The molecule has 3 fully saturated rings. The maximum atomic E-state index is 14.1. The second kappa shape index (κ2) is 28.1. The second-order valence-corrected chi connectivity index (χ2v) is 22.0. The van der Waals surface area contributed by atoms with Crippen molar-refractivity contribution in [3.63, 3.8) is 0 Å². The number of likely N-dealkylation sites (N-methyl/N-ethyl adjacent to an activating group) is 1. The van der Waals surface area contributed by atoms with Gasteiger partial charge in [0.2, 0.25) is 0 Å². The summed E-state index contributed by atoms with van der Waals surface area (Å²) in [4.78, 5) is 29.8. The number of methoxy groups -OCH3 is 1. The van der Waals surface area contributed by atoms with E-state index >= 15 is 0 Å². The van der Waals surface area contributed by atoms with Crippen LogP contribution in [-0.2, 0) is 52.6 Å². The Morgan fingerprint density at radius 1 is 0.779 bits per heavy atom. The number of unbranched alkanes of at least 4 members (excludes halogenated alkanes) is 9. The van der Waals surface area contributed by atoms with Crippen molar-refractivity contribution < 1.29 is 80.7 Å². The van der Waals surface area contributed by atoms with Gasteiger partial charge in [-0.25, -0.2) is 4.18 Å². The molecule has 0 saturated carbocycles. The third-order valence-electron chi connectivity index (χ3n) is 14.6. The number of aliphatic hydroxyl groups is 5. The van der Waals surface area contributed by atoms with Gasteiger partial charge in [-0.05, 0) is 81.3 Å². The molecule has 0 bridgehead atoms. The van der Waals surface area contributed by atoms with E-state index in [2.05, 4.69) is 11.1 Å². The Labute approximate surface area is 408 Å². The molecule has 3 aliphatic heterocycles. The maximum Gasteiger partial charge on any atom is 0.397 e. The third kappa shape index (κ3) is 18.3. The number of ether oxygens (including phenoxy) is 6. The van der Waals surface area contributed by atoms with E-state index in [0.29, 0.717) is 12.8 Å². The molecule has 0 aromatic rings. The van der Waals surface area contributed by atoms with Crippen molar-refractivity contribution in [1.82, 2.24) is 4.90 Å². The van der Waals surface area contributed by atoms with Gasteiger partial charge >= 0.3 is 16.4 Å². The minimum atomic E-state index is -4.23. The molecule has 18 atom stereocenters. The highest BCUT2D eigenvalue weighted by Gasteiger charge is 2.53. The van der Waals surface area contributed by atoms with E-state index in [1.807, 2.05) is 25.9 Å². The van der Waals surface area contributed by atoms with Gasteiger partial charge in [-0.2, -0.15) is 8.42 Å². The van der Waals surface area contributed by atoms with Crippen LogP contribution < -0.4 is 0 Å². The SMILES string of the molecule is CCC1OC(=O)[C@@H](C)[C@H](O[C@H]2C[C@@](C)(OC)[C@@H](O)[C@H](C)O2)[C@@H](C)[C@H](O[C@@H]2O[C@H](C)C[C@H](N(C)C)[C@H]2O)[C@@](C)(O)C[C@H](C)C(=O)C(C)[C@@H](O)C1(C)O.CCCCCCCCCCCCOS(=O)(=O)O. The predicted octanol–water partition coefficient (Wildman–Crippen LogP) is 5.51. The fourth-order valence-corrected chi connectivity index (χ4v) is 10.5. The predicted molar refractivity (Wildman–Crippen MR) is 256 cm³/mol. The first-order valence-electron chi connectivity index (χ1n) is 25.2. The zero-order valence-electron chi connectivity index (χ0n) is 43.8. The number of rotatable bonds is 19. The van der Waals surface area contributed by atoms with Crippen molar-refractivity contribution in [1.29, 1.82) is 0 Å². The Morgan fingerprint density at radius 2 is 1.34 bits per heavy atom. The van der Waals surface area contributed by atoms with E-state index in [4.69, 9.17) is 33.0 Å². The standard InChI is InChI=1S/C37H67NO13.C12H26O4S/c1-14-25-37(10,45)30(41)20(4)27(39)18(2)16-35(8,44)32(51-34-28(40)24(38(11)12)15-19(3)47-34)21(5)29(22(6)33(43)49-25)50-26-17-36(9,46-13)31(42)23(7)48-26;1-2-3-4-5-6-7-8-9-10-11-12-16-17(13,14)15/h18-26,28-32,34,40-42,44-45H,14-17H2,1-13H3;2-12H2,1H3,(H,13,14,15)/t18-,19+,20?,21+,22-,23-,24-,25?,26-,28+,29+,30+,31-,32-,34-,35-,36+,37?;/m0./s1. The number of carbonyl (C=O) groups excluding carboxylic acids is 2. The van der Waals surface area contributed by atoms with Gasteiger partial charge in [0.05, 0.1) is 54.2 Å². The Bertz CT molecular complexity index is 1600. The van der Waals surface area contributed by atoms with Crippen molar-refractivity contribution in [2.24, 2.45) is 23.7 Å². The average Bonchev–Trinajstić information content (AvgIpc) is 3.26. The summed E-state index contributed by atoms with van der Waals surface area (Å²) in [7, 11) is 0.942. The molecule has 6 N–H and O–H groups in total. The fourth-order valence-electron chi connectivity index (χ4n) is 10.2. The van der Waals surface area contributed by atoms with Crippen LogP contribution in [0.25, 0.3) is 0 Å². The molecule has 18 nitrogen and oxygen atoms in total. The number of cyclic esters (lactones) is 1. The first kappa shape index (κ1) is 62.7. The maximum absolute atomic E-state index is 14.1. The summed E-state index contributed by atoms with van der Waals surface area (Å²) in [5, 5.41) is 57.6. The molecule has 0 radical (unpaired) electrons. The molecule has 19 heteroatoms. The van der Waals surface area contributed by atoms with Gasteiger partial charge in [0.15, 0.2) is 12.6 Å². The molecule has 3 aliphatic rings. The smallest absolute Gasteiger partial charge is 0.397 e. The first-order valence-corrected chi connectivity index (χ1v) is 26.5. The van der Waals surface area contributed by atoms with Gasteiger partial charge in [0, 0.05) is 37.3 Å². The minimum Gasteiger partial charge on any atom is -0.459 e. The Kier molecular flexibility index (Phi) is 25.9. The van der Waals surface area contributed by atoms with Crippen LogP contribution in [0.15, 0.2) is 0 Å². The Morgan fingerprint density at radius 3 is 1.85 bits per heavy atom. The summed E-state index contributed by atoms with van der Waals surface area (Å²) in [6.45, 7) is 18.6. The van der Waals surface area contributed by atoms with E-state index in [1.54, 1.807) is 41.5 Å². The van der Waals surface area contributed by atoms with Gasteiger partial charge in [0.25, 0.3) is 0 Å². The number of Topliss-reactive ketones (excluding diaryl/α,β-unsaturated/α-hetero) is 1. The van der Waals surface area contributed by atoms with Crippen LogP contribution in [0.5, 0.6) is 0 Å². The zero-order chi connectivity index (χ0) is 51.9. The van der Waals surface area contributed by atoms with Crippen LogP contribution in [0, 0.1) is 23.7 Å². The number of hydrogen-bond donors (Lipinski definition) is 6. The van der Waals surface area contributed by atoms with Crippen LogP contribution in [0.2, 0.25) is 0 Å². The number of esters is 1. The lowest BCUT2D eigenvalue weighted by Gasteiger charge is -2.49. The molecule has 402 valence electrons. The number of hydrogen-bond acceptors (Lipinski definition) is 17. The lowest BCUT2D eigenvalue weighted by atomic mass is 9.74. The molecule has 3 rings (SSSR count). The van der Waals surface area contributed by atoms with Gasteiger partial charge in [-0.3, -0.25) is 14.1 Å². The van der Waals surface area contributed by atoms with Gasteiger partial charge in [-0.15, -0.1) is 0 Å². The molecule has 0 aliphatic carbocycles. The van der Waals surface area contributed by atoms with Crippen LogP contribution in [0.4, 0.5) is 0 Å². The molecule has 0 aromatic carbocycles. The Balaban J connectivity index is 0.000000789. The molecule has 3 unspecified atom stereocenters. The summed E-state index contributed by atoms with van der Waals surface area (Å²) in [5.41, 5.74) is -4.84. The van der Waals surface area contributed by atoms with Crippen molar-refractivity contribution in [2.75, 3.05) is 27.8 Å². The Hall–Kier alpha value is -1.43. The number of aliphatic hydroxyl groups excluding tert-OH is 3. The monoisotopic (exact) mass is 1000 g/mol. The van der Waals surface area contributed by atoms with Crippen molar-refractivity contribution in [2.45, 2.75) is 250 Å². The van der Waals surface area contributed by atoms with E-state index < -0.39 is 118 Å². The zero-order valence-corrected chi connectivity index (χ0v) is 44.6. The lowest BCUT2D eigenvalue weighted by Crippen LogP contribution is -2.61. The molecule has 0 amide bonds. The molecule has 0 spiro atoms. The normalized spacial score (nSPS) is 40.3. The molecular weight excluding hydrogens is 907 g/mol. The molecular formula is C49H93NO17S. The van der Waals surface area contributed by atoms with Crippen LogP contribution in [0.3, 0.4) is 0 Å². The first-order chi connectivity index (χ1) is 31.5. The average molecular weight is 1000 g/mol. The summed E-state index contributed by atoms with van der Waals surface area (Å²) in [6.07, 6.45) is 2.14. The molecule has 0 aromatic heterocycles. The van der Waals surface area contributed by atoms with Crippen molar-refractivity contribution in [3.8, 4) is 0 Å². The quantitative estimate of drug-likeness (QED) is 0.0530. The molecule has 68 heavy (non-hydrogen) atoms. The largest absolute Gasteiger partial charge is 0.459 e. The van der Waals surface area contributed by atoms with Crippen molar-refractivity contribution in [3.05, 3.63) is 0 Å². The highest BCUT2D eigenvalue weighted by atomic mass is 32.3. The summed E-state index contributed by atoms with van der Waals surface area (Å²) in [6, 6.07) is -0.324. The van der Waals surface area contributed by atoms with E-state index in [0.717, 1.165) is 12.8 Å².